The van der Waals surface area contributed by atoms with Gasteiger partial charge in [-0.2, -0.15) is 0 Å². The molecule has 3 aliphatic rings. The standard InChI is InChI=1S/C34H39ClFN3O5S/c1-20-10-11-38(16-20)23-14-24(18-44-25-8-6-21(7-9-25)34(42)43)39(17-23)32(40)13-22-12-28(35)30(15-29(22)36)37-33(41)27-19-45-31-5-3-2-4-26(27)31/h2-5,12,15,19-21,23-25H,6-11,13-14,16-18H2,1H3,(H,37,41)(H,42,43)/t20-,21?,23?,24+,25?/m1/s1. The van der Waals surface area contributed by atoms with Crippen molar-refractivity contribution in [2.45, 2.75) is 70.1 Å². The number of thiophene rings is 1. The number of anilines is 1. The molecule has 2 aromatic carbocycles. The Kier molecular flexibility index (Phi) is 9.75. The third-order valence-electron chi connectivity index (χ3n) is 9.68. The van der Waals surface area contributed by atoms with Crippen LogP contribution in [0.2, 0.25) is 5.02 Å². The number of carboxylic acids is 1. The minimum absolute atomic E-state index is 0.0190. The lowest BCUT2D eigenvalue weighted by molar-refractivity contribution is -0.144. The van der Waals surface area contributed by atoms with Crippen LogP contribution in [0.3, 0.4) is 0 Å². The molecule has 1 aromatic heterocycles. The van der Waals surface area contributed by atoms with Crippen molar-refractivity contribution in [2.24, 2.45) is 11.8 Å². The monoisotopic (exact) mass is 655 g/mol. The predicted octanol–water partition coefficient (Wildman–Crippen LogP) is 6.46. The highest BCUT2D eigenvalue weighted by molar-refractivity contribution is 7.17. The minimum atomic E-state index is -0.748. The number of carbonyl (C=O) groups is 3. The van der Waals surface area contributed by atoms with E-state index in [0.717, 1.165) is 36.0 Å². The van der Waals surface area contributed by atoms with E-state index in [2.05, 4.69) is 17.1 Å². The summed E-state index contributed by atoms with van der Waals surface area (Å²) in [5.74, 6) is -1.62. The van der Waals surface area contributed by atoms with E-state index in [4.69, 9.17) is 16.3 Å². The molecular formula is C34H39ClFN3O5S. The molecule has 3 aromatic rings. The molecule has 3 fully saturated rings. The maximum absolute atomic E-state index is 15.4. The third kappa shape index (κ3) is 7.19. The number of halogens is 2. The topological polar surface area (TPSA) is 99.2 Å². The lowest BCUT2D eigenvalue weighted by Crippen LogP contribution is -2.41. The van der Waals surface area contributed by atoms with Crippen molar-refractivity contribution in [2.75, 3.05) is 31.6 Å². The summed E-state index contributed by atoms with van der Waals surface area (Å²) < 4.78 is 22.7. The Balaban J connectivity index is 1.12. The van der Waals surface area contributed by atoms with Crippen LogP contribution in [0, 0.1) is 17.7 Å². The maximum Gasteiger partial charge on any atom is 0.306 e. The number of likely N-dealkylation sites (tertiary alicyclic amines) is 2. The molecule has 2 amide bonds. The molecule has 0 radical (unpaired) electrons. The zero-order chi connectivity index (χ0) is 31.7. The van der Waals surface area contributed by atoms with Gasteiger partial charge in [-0.1, -0.05) is 36.7 Å². The van der Waals surface area contributed by atoms with Crippen molar-refractivity contribution < 1.29 is 28.6 Å². The zero-order valence-corrected chi connectivity index (χ0v) is 26.9. The SMILES string of the molecule is C[C@@H]1CCN(C2C[C@@H](COC3CCC(C(=O)O)CC3)N(C(=O)Cc3cc(Cl)c(NC(=O)c4csc5ccccc45)cc3F)C2)C1. The number of nitrogens with zero attached hydrogens (tertiary/aromatic N) is 2. The van der Waals surface area contributed by atoms with Gasteiger partial charge in [0, 0.05) is 34.6 Å². The first kappa shape index (κ1) is 31.9. The fourth-order valence-corrected chi connectivity index (χ4v) is 8.25. The summed E-state index contributed by atoms with van der Waals surface area (Å²) in [7, 11) is 0. The van der Waals surface area contributed by atoms with E-state index < -0.39 is 11.8 Å². The van der Waals surface area contributed by atoms with Gasteiger partial charge in [-0.3, -0.25) is 19.3 Å². The van der Waals surface area contributed by atoms with Crippen LogP contribution in [0.5, 0.6) is 0 Å². The van der Waals surface area contributed by atoms with E-state index in [9.17, 15) is 19.5 Å². The van der Waals surface area contributed by atoms with E-state index in [1.165, 1.54) is 23.5 Å². The fourth-order valence-electron chi connectivity index (χ4n) is 7.07. The van der Waals surface area contributed by atoms with Crippen LogP contribution in [0.1, 0.15) is 61.4 Å². The zero-order valence-electron chi connectivity index (χ0n) is 25.3. The van der Waals surface area contributed by atoms with Crippen molar-refractivity contribution in [1.82, 2.24) is 9.80 Å². The van der Waals surface area contributed by atoms with Crippen LogP contribution in [-0.4, -0.2) is 77.1 Å². The van der Waals surface area contributed by atoms with Crippen LogP contribution >= 0.6 is 22.9 Å². The molecule has 1 unspecified atom stereocenters. The number of hydrogen-bond donors (Lipinski definition) is 2. The van der Waals surface area contributed by atoms with Crippen LogP contribution in [0.4, 0.5) is 10.1 Å². The van der Waals surface area contributed by atoms with Gasteiger partial charge in [0.2, 0.25) is 5.91 Å². The average Bonchev–Trinajstić information content (AvgIpc) is 3.77. The molecule has 2 N–H and O–H groups in total. The number of amides is 2. The molecule has 2 saturated heterocycles. The number of aliphatic carboxylic acids is 1. The normalized spacial score (nSPS) is 25.6. The Morgan fingerprint density at radius 2 is 1.89 bits per heavy atom. The van der Waals surface area contributed by atoms with Crippen molar-refractivity contribution in [1.29, 1.82) is 0 Å². The lowest BCUT2D eigenvalue weighted by Gasteiger charge is -2.30. The number of carbonyl (C=O) groups excluding carboxylic acids is 2. The summed E-state index contributed by atoms with van der Waals surface area (Å²) in [6.07, 6.45) is 4.33. The Morgan fingerprint density at radius 3 is 2.62 bits per heavy atom. The summed E-state index contributed by atoms with van der Waals surface area (Å²) in [4.78, 5) is 42.4. The third-order valence-corrected chi connectivity index (χ3v) is 11.0. The maximum atomic E-state index is 15.4. The molecule has 45 heavy (non-hydrogen) atoms. The summed E-state index contributed by atoms with van der Waals surface area (Å²) in [6.45, 7) is 5.17. The summed E-state index contributed by atoms with van der Waals surface area (Å²) in [5.41, 5.74) is 0.818. The van der Waals surface area contributed by atoms with E-state index in [1.54, 1.807) is 5.38 Å². The van der Waals surface area contributed by atoms with Gasteiger partial charge in [0.1, 0.15) is 5.82 Å². The first-order valence-electron chi connectivity index (χ1n) is 15.8. The van der Waals surface area contributed by atoms with Gasteiger partial charge in [0.15, 0.2) is 0 Å². The molecule has 8 nitrogen and oxygen atoms in total. The summed E-state index contributed by atoms with van der Waals surface area (Å²) in [6, 6.07) is 10.3. The highest BCUT2D eigenvalue weighted by Crippen LogP contribution is 2.33. The highest BCUT2D eigenvalue weighted by atomic mass is 35.5. The van der Waals surface area contributed by atoms with Crippen LogP contribution in [0.15, 0.2) is 41.8 Å². The molecule has 6 rings (SSSR count). The highest BCUT2D eigenvalue weighted by Gasteiger charge is 2.40. The second kappa shape index (κ2) is 13.7. The molecule has 2 aliphatic heterocycles. The molecule has 1 aliphatic carbocycles. The van der Waals surface area contributed by atoms with Crippen molar-refractivity contribution in [3.63, 3.8) is 0 Å². The predicted molar refractivity (Wildman–Crippen MR) is 173 cm³/mol. The van der Waals surface area contributed by atoms with Gasteiger partial charge in [0.25, 0.3) is 5.91 Å². The van der Waals surface area contributed by atoms with Gasteiger partial charge < -0.3 is 20.1 Å². The van der Waals surface area contributed by atoms with Gasteiger partial charge in [0.05, 0.1) is 47.4 Å². The van der Waals surface area contributed by atoms with Crippen LogP contribution in [0.25, 0.3) is 10.1 Å². The van der Waals surface area contributed by atoms with E-state index in [-0.39, 0.29) is 58.6 Å². The molecule has 3 atom stereocenters. The lowest BCUT2D eigenvalue weighted by atomic mass is 9.87. The Hall–Kier alpha value is -3.05. The number of benzene rings is 2. The number of ether oxygens (including phenoxy) is 1. The summed E-state index contributed by atoms with van der Waals surface area (Å²) in [5, 5.41) is 14.8. The number of hydrogen-bond acceptors (Lipinski definition) is 6. The molecule has 3 heterocycles. The van der Waals surface area contributed by atoms with Crippen molar-refractivity contribution in [3.05, 3.63) is 63.7 Å². The molecule has 11 heteroatoms. The van der Waals surface area contributed by atoms with Gasteiger partial charge in [-0.25, -0.2) is 4.39 Å². The number of nitrogens with one attached hydrogen (secondary N) is 1. The second-order valence-electron chi connectivity index (χ2n) is 12.8. The van der Waals surface area contributed by atoms with Gasteiger partial charge in [-0.15, -0.1) is 11.3 Å². The van der Waals surface area contributed by atoms with E-state index >= 15 is 4.39 Å². The molecule has 0 spiro atoms. The summed E-state index contributed by atoms with van der Waals surface area (Å²) >= 11 is 7.98. The molecule has 0 bridgehead atoms. The second-order valence-corrected chi connectivity index (χ2v) is 14.1. The Bertz CT molecular complexity index is 1570. The Labute approximate surface area is 271 Å². The van der Waals surface area contributed by atoms with Gasteiger partial charge >= 0.3 is 5.97 Å². The largest absolute Gasteiger partial charge is 0.481 e. The van der Waals surface area contributed by atoms with E-state index in [0.29, 0.717) is 50.3 Å². The molecule has 240 valence electrons. The first-order valence-corrected chi connectivity index (χ1v) is 17.1. The van der Waals surface area contributed by atoms with Crippen molar-refractivity contribution >= 4 is 56.5 Å². The smallest absolute Gasteiger partial charge is 0.306 e. The fraction of sp³-hybridized carbons (Fsp3) is 0.500. The van der Waals surface area contributed by atoms with Gasteiger partial charge in [-0.05, 0) is 74.8 Å². The van der Waals surface area contributed by atoms with Crippen LogP contribution in [-0.2, 0) is 20.7 Å². The minimum Gasteiger partial charge on any atom is -0.481 e. The van der Waals surface area contributed by atoms with Crippen LogP contribution < -0.4 is 5.32 Å². The number of fused-ring (bicyclic) bond motifs is 1. The Morgan fingerprint density at radius 1 is 1.11 bits per heavy atom. The quantitative estimate of drug-likeness (QED) is 0.275. The van der Waals surface area contributed by atoms with Crippen molar-refractivity contribution in [3.8, 4) is 0 Å². The average molecular weight is 656 g/mol. The van der Waals surface area contributed by atoms with E-state index in [1.807, 2.05) is 29.2 Å². The first-order chi connectivity index (χ1) is 21.7. The number of rotatable bonds is 9. The molecular weight excluding hydrogens is 617 g/mol. The number of carboxylic acid groups (broad SMARTS) is 1. The molecule has 1 saturated carbocycles.